The lowest BCUT2D eigenvalue weighted by atomic mass is 9.69. The molecule has 0 aromatic heterocycles. The van der Waals surface area contributed by atoms with Crippen molar-refractivity contribution in [1.29, 1.82) is 0 Å². The molecule has 9 aromatic rings. The van der Waals surface area contributed by atoms with Gasteiger partial charge in [0, 0.05) is 22.4 Å². The summed E-state index contributed by atoms with van der Waals surface area (Å²) in [5, 5.41) is 0. The van der Waals surface area contributed by atoms with Gasteiger partial charge in [-0.1, -0.05) is 225 Å². The zero-order valence-electron chi connectivity index (χ0n) is 35.2. The van der Waals surface area contributed by atoms with Gasteiger partial charge in [-0.2, -0.15) is 0 Å². The van der Waals surface area contributed by atoms with Crippen LogP contribution in [0.4, 0.5) is 17.1 Å². The van der Waals surface area contributed by atoms with Crippen LogP contribution in [-0.2, 0) is 5.41 Å². The Morgan fingerprint density at radius 1 is 0.413 bits per heavy atom. The van der Waals surface area contributed by atoms with E-state index in [0.29, 0.717) is 0 Å². The highest BCUT2D eigenvalue weighted by Crippen LogP contribution is 2.65. The number of anilines is 3. The van der Waals surface area contributed by atoms with Crippen molar-refractivity contribution < 1.29 is 0 Å². The van der Waals surface area contributed by atoms with Crippen LogP contribution in [0.2, 0.25) is 0 Å². The van der Waals surface area contributed by atoms with Gasteiger partial charge in [0.25, 0.3) is 0 Å². The van der Waals surface area contributed by atoms with E-state index < -0.39 is 5.41 Å². The van der Waals surface area contributed by atoms with Crippen LogP contribution in [0.5, 0.6) is 0 Å². The van der Waals surface area contributed by atoms with Crippen molar-refractivity contribution in [3.8, 4) is 55.6 Å². The molecule has 0 saturated heterocycles. The molecule has 298 valence electrons. The van der Waals surface area contributed by atoms with Crippen LogP contribution in [0.15, 0.2) is 255 Å². The van der Waals surface area contributed by atoms with Gasteiger partial charge >= 0.3 is 0 Å². The van der Waals surface area contributed by atoms with Gasteiger partial charge in [0.1, 0.15) is 0 Å². The first kappa shape index (κ1) is 38.0. The summed E-state index contributed by atoms with van der Waals surface area (Å²) < 4.78 is 0. The van der Waals surface area contributed by atoms with Gasteiger partial charge in [0.2, 0.25) is 0 Å². The number of nitrogens with zero attached hydrogens (tertiary/aromatic N) is 1. The number of hydrogen-bond donors (Lipinski definition) is 0. The quantitative estimate of drug-likeness (QED) is 0.140. The fourth-order valence-electron chi connectivity index (χ4n) is 10.4. The molecule has 1 heteroatoms. The van der Waals surface area contributed by atoms with Crippen molar-refractivity contribution in [2.75, 3.05) is 4.90 Å². The summed E-state index contributed by atoms with van der Waals surface area (Å²) in [5.74, 6) is 0. The number of hydrogen-bond acceptors (Lipinski definition) is 1. The summed E-state index contributed by atoms with van der Waals surface area (Å²) in [5.41, 5.74) is 22.0. The molecule has 0 heterocycles. The third-order valence-electron chi connectivity index (χ3n) is 13.0. The Bertz CT molecular complexity index is 3120. The van der Waals surface area contributed by atoms with Crippen LogP contribution in [0.1, 0.15) is 29.2 Å². The maximum Gasteiger partial charge on any atom is 0.0726 e. The van der Waals surface area contributed by atoms with Crippen LogP contribution >= 0.6 is 0 Å². The van der Waals surface area contributed by atoms with E-state index in [4.69, 9.17) is 0 Å². The Morgan fingerprint density at radius 2 is 0.857 bits per heavy atom. The molecule has 2 aliphatic carbocycles. The van der Waals surface area contributed by atoms with E-state index in [-0.39, 0.29) is 0 Å². The molecule has 0 fully saturated rings. The van der Waals surface area contributed by atoms with E-state index in [1.807, 2.05) is 0 Å². The lowest BCUT2D eigenvalue weighted by molar-refractivity contribution is 0.786. The van der Waals surface area contributed by atoms with Gasteiger partial charge in [-0.25, -0.2) is 0 Å². The van der Waals surface area contributed by atoms with Crippen LogP contribution < -0.4 is 4.90 Å². The minimum Gasteiger partial charge on any atom is -0.309 e. The molecule has 0 aliphatic heterocycles. The van der Waals surface area contributed by atoms with Gasteiger partial charge in [0.05, 0.1) is 16.8 Å². The average molecular weight is 804 g/mol. The number of benzene rings is 9. The maximum atomic E-state index is 4.41. The fraction of sp³-hybridized carbons (Fsp3) is 0.0323. The average Bonchev–Trinajstić information content (AvgIpc) is 3.82. The molecule has 2 aliphatic rings. The second-order valence-corrected chi connectivity index (χ2v) is 16.3. The van der Waals surface area contributed by atoms with Gasteiger partial charge in [-0.05, 0) is 104 Å². The minimum absolute atomic E-state index is 0.553. The zero-order valence-corrected chi connectivity index (χ0v) is 35.2. The normalized spacial score (nSPS) is 14.7. The molecule has 0 radical (unpaired) electrons. The van der Waals surface area contributed by atoms with Crippen molar-refractivity contribution in [2.24, 2.45) is 0 Å². The first-order valence-corrected chi connectivity index (χ1v) is 21.8. The molecule has 1 atom stereocenters. The standard InChI is InChI=1S/C62H45N/c1-3-23-55-50(4-2)53-32-17-19-36-56(53)62(55)57-37-20-18-33-54(57)60-58(62)38-22-39-59(60)63(49-41-47(43-24-9-5-10-25-43)40-48(42-49)44-26-11-6-12-27-44)61-51(45-28-13-7-14-29-45)34-21-35-52(61)46-30-15-8-16-31-46/h3-42H,2H2,1H3/b23-3-. The number of rotatable bonds is 9. The lowest BCUT2D eigenvalue weighted by Crippen LogP contribution is -2.27. The van der Waals surface area contributed by atoms with Crippen LogP contribution in [0, 0.1) is 0 Å². The third-order valence-corrected chi connectivity index (χ3v) is 13.0. The largest absolute Gasteiger partial charge is 0.309 e. The Hall–Kier alpha value is -8.00. The molecular formula is C62H45N. The number of allylic oxidation sites excluding steroid dienone is 5. The topological polar surface area (TPSA) is 3.24 Å². The van der Waals surface area contributed by atoms with Crippen molar-refractivity contribution in [3.63, 3.8) is 0 Å². The SMILES string of the molecule is C=CC1=C(/C=C\C)C2(c3ccccc31)c1ccccc1-c1c(N(c3cc(-c4ccccc4)cc(-c4ccccc4)c3)c3c(-c4ccccc4)cccc3-c3ccccc3)cccc12. The van der Waals surface area contributed by atoms with Crippen molar-refractivity contribution >= 4 is 22.6 Å². The molecule has 63 heavy (non-hydrogen) atoms. The maximum absolute atomic E-state index is 4.41. The first-order chi connectivity index (χ1) is 31.2. The second kappa shape index (κ2) is 15.8. The highest BCUT2D eigenvalue weighted by atomic mass is 15.2. The fourth-order valence-corrected chi connectivity index (χ4v) is 10.4. The molecule has 0 amide bonds. The van der Waals surface area contributed by atoms with E-state index in [0.717, 1.165) is 50.4 Å². The van der Waals surface area contributed by atoms with Crippen LogP contribution in [0.25, 0.3) is 61.2 Å². The van der Waals surface area contributed by atoms with Gasteiger partial charge in [0.15, 0.2) is 0 Å². The summed E-state index contributed by atoms with van der Waals surface area (Å²) >= 11 is 0. The highest BCUT2D eigenvalue weighted by Gasteiger charge is 2.52. The summed E-state index contributed by atoms with van der Waals surface area (Å²) in [6.45, 7) is 6.53. The van der Waals surface area contributed by atoms with E-state index >= 15 is 0 Å². The van der Waals surface area contributed by atoms with E-state index in [1.54, 1.807) is 0 Å². The molecule has 1 nitrogen and oxygen atoms in total. The smallest absolute Gasteiger partial charge is 0.0726 e. The highest BCUT2D eigenvalue weighted by molar-refractivity contribution is 6.06. The third kappa shape index (κ3) is 6.08. The Kier molecular flexibility index (Phi) is 9.52. The van der Waals surface area contributed by atoms with Gasteiger partial charge in [-0.15, -0.1) is 0 Å². The monoisotopic (exact) mass is 803 g/mol. The molecule has 11 rings (SSSR count). The zero-order chi connectivity index (χ0) is 42.3. The Morgan fingerprint density at radius 3 is 1.40 bits per heavy atom. The van der Waals surface area contributed by atoms with Gasteiger partial charge in [-0.3, -0.25) is 0 Å². The lowest BCUT2D eigenvalue weighted by Gasteiger charge is -2.34. The van der Waals surface area contributed by atoms with Crippen LogP contribution in [0.3, 0.4) is 0 Å². The van der Waals surface area contributed by atoms with E-state index in [2.05, 4.69) is 261 Å². The Balaban J connectivity index is 1.31. The van der Waals surface area contributed by atoms with Crippen LogP contribution in [-0.4, -0.2) is 0 Å². The predicted molar refractivity (Wildman–Crippen MR) is 267 cm³/mol. The number of fused-ring (bicyclic) bond motifs is 7. The first-order valence-electron chi connectivity index (χ1n) is 21.8. The Labute approximate surface area is 370 Å². The molecule has 0 bridgehead atoms. The minimum atomic E-state index is -0.553. The molecule has 0 saturated carbocycles. The number of para-hydroxylation sites is 1. The van der Waals surface area contributed by atoms with Crippen molar-refractivity contribution in [3.05, 3.63) is 277 Å². The molecule has 1 spiro atoms. The van der Waals surface area contributed by atoms with Crippen molar-refractivity contribution in [2.45, 2.75) is 12.3 Å². The summed E-state index contributed by atoms with van der Waals surface area (Å²) in [7, 11) is 0. The molecule has 0 N–H and O–H groups in total. The summed E-state index contributed by atoms with van der Waals surface area (Å²) in [4.78, 5) is 2.58. The van der Waals surface area contributed by atoms with Gasteiger partial charge < -0.3 is 4.90 Å². The van der Waals surface area contributed by atoms with Crippen molar-refractivity contribution in [1.82, 2.24) is 0 Å². The molecule has 1 unspecified atom stereocenters. The summed E-state index contributed by atoms with van der Waals surface area (Å²) in [6.07, 6.45) is 6.56. The van der Waals surface area contributed by atoms with E-state index in [9.17, 15) is 0 Å². The predicted octanol–water partition coefficient (Wildman–Crippen LogP) is 16.7. The summed E-state index contributed by atoms with van der Waals surface area (Å²) in [6, 6.07) is 82.3. The second-order valence-electron chi connectivity index (χ2n) is 16.3. The van der Waals surface area contributed by atoms with E-state index in [1.165, 1.54) is 55.7 Å². The molecule has 9 aromatic carbocycles. The molecular weight excluding hydrogens is 759 g/mol.